The summed E-state index contributed by atoms with van der Waals surface area (Å²) < 4.78 is 24.9. The van der Waals surface area contributed by atoms with Crippen molar-refractivity contribution in [3.8, 4) is 0 Å². The zero-order valence-corrected chi connectivity index (χ0v) is 14.4. The van der Waals surface area contributed by atoms with Crippen LogP contribution in [0.15, 0.2) is 30.3 Å². The lowest BCUT2D eigenvalue weighted by Gasteiger charge is -2.34. The Bertz CT molecular complexity index is 504. The molecule has 0 bridgehead atoms. The predicted molar refractivity (Wildman–Crippen MR) is 91.1 cm³/mol. The van der Waals surface area contributed by atoms with Crippen molar-refractivity contribution in [1.29, 1.82) is 0 Å². The van der Waals surface area contributed by atoms with Crippen molar-refractivity contribution in [2.45, 2.75) is 38.3 Å². The SMILES string of the molecule is CCN(C)C(C(=O)NC1CCN(CC(F)F)CC1)c1ccccc1. The highest BCUT2D eigenvalue weighted by Gasteiger charge is 2.28. The van der Waals surface area contributed by atoms with E-state index in [1.807, 2.05) is 49.2 Å². The van der Waals surface area contributed by atoms with Crippen LogP contribution in [-0.4, -0.2) is 61.4 Å². The zero-order chi connectivity index (χ0) is 17.5. The van der Waals surface area contributed by atoms with Crippen molar-refractivity contribution in [3.05, 3.63) is 35.9 Å². The minimum Gasteiger partial charge on any atom is -0.352 e. The number of rotatable bonds is 7. The summed E-state index contributed by atoms with van der Waals surface area (Å²) in [6.07, 6.45) is -0.858. The molecule has 0 aliphatic carbocycles. The van der Waals surface area contributed by atoms with Crippen LogP contribution in [0.5, 0.6) is 0 Å². The molecule has 1 aromatic rings. The number of likely N-dealkylation sites (N-methyl/N-ethyl adjacent to an activating group) is 1. The number of carbonyl (C=O) groups excluding carboxylic acids is 1. The van der Waals surface area contributed by atoms with E-state index in [1.165, 1.54) is 0 Å². The molecule has 2 rings (SSSR count). The molecule has 1 unspecified atom stereocenters. The first-order chi connectivity index (χ1) is 11.5. The van der Waals surface area contributed by atoms with Crippen LogP contribution >= 0.6 is 0 Å². The summed E-state index contributed by atoms with van der Waals surface area (Å²) in [6.45, 7) is 3.82. The molecule has 1 N–H and O–H groups in total. The van der Waals surface area contributed by atoms with Gasteiger partial charge in [-0.25, -0.2) is 8.78 Å². The molecule has 0 spiro atoms. The van der Waals surface area contributed by atoms with Gasteiger partial charge in [-0.3, -0.25) is 14.6 Å². The second-order valence-corrected chi connectivity index (χ2v) is 6.36. The van der Waals surface area contributed by atoms with Gasteiger partial charge in [-0.05, 0) is 32.0 Å². The van der Waals surface area contributed by atoms with Crippen LogP contribution in [0.3, 0.4) is 0 Å². The summed E-state index contributed by atoms with van der Waals surface area (Å²) in [7, 11) is 1.93. The molecule has 24 heavy (non-hydrogen) atoms. The Morgan fingerprint density at radius 2 is 1.92 bits per heavy atom. The van der Waals surface area contributed by atoms with E-state index in [2.05, 4.69) is 5.32 Å². The van der Waals surface area contributed by atoms with E-state index in [0.717, 1.165) is 24.9 Å². The molecule has 134 valence electrons. The third kappa shape index (κ3) is 5.24. The van der Waals surface area contributed by atoms with Crippen molar-refractivity contribution in [3.63, 3.8) is 0 Å². The number of likely N-dealkylation sites (tertiary alicyclic amines) is 1. The average molecular weight is 339 g/mol. The van der Waals surface area contributed by atoms with E-state index in [9.17, 15) is 13.6 Å². The van der Waals surface area contributed by atoms with Crippen LogP contribution < -0.4 is 5.32 Å². The summed E-state index contributed by atoms with van der Waals surface area (Å²) in [4.78, 5) is 16.6. The topological polar surface area (TPSA) is 35.6 Å². The monoisotopic (exact) mass is 339 g/mol. The molecule has 1 atom stereocenters. The normalized spacial score (nSPS) is 18.1. The first kappa shape index (κ1) is 18.8. The molecule has 0 radical (unpaired) electrons. The molecule has 1 amide bonds. The lowest BCUT2D eigenvalue weighted by molar-refractivity contribution is -0.127. The summed E-state index contributed by atoms with van der Waals surface area (Å²) in [5.41, 5.74) is 0.967. The van der Waals surface area contributed by atoms with Gasteiger partial charge in [-0.1, -0.05) is 37.3 Å². The Labute approximate surface area is 142 Å². The minimum absolute atomic E-state index is 0.0159. The molecule has 6 heteroatoms. The maximum atomic E-state index is 12.8. The van der Waals surface area contributed by atoms with Gasteiger partial charge in [0.05, 0.1) is 6.54 Å². The van der Waals surface area contributed by atoms with Crippen molar-refractivity contribution in [1.82, 2.24) is 15.1 Å². The van der Waals surface area contributed by atoms with E-state index in [-0.39, 0.29) is 24.5 Å². The largest absolute Gasteiger partial charge is 0.352 e. The third-order valence-electron chi connectivity index (χ3n) is 4.63. The van der Waals surface area contributed by atoms with Crippen molar-refractivity contribution >= 4 is 5.91 Å². The lowest BCUT2D eigenvalue weighted by Crippen LogP contribution is -2.48. The highest BCUT2D eigenvalue weighted by atomic mass is 19.3. The van der Waals surface area contributed by atoms with Crippen molar-refractivity contribution in [2.75, 3.05) is 33.2 Å². The van der Waals surface area contributed by atoms with Gasteiger partial charge >= 0.3 is 0 Å². The summed E-state index contributed by atoms with van der Waals surface area (Å²) in [6, 6.07) is 9.45. The number of benzene rings is 1. The lowest BCUT2D eigenvalue weighted by atomic mass is 10.0. The number of piperidine rings is 1. The van der Waals surface area contributed by atoms with Crippen molar-refractivity contribution < 1.29 is 13.6 Å². The maximum absolute atomic E-state index is 12.8. The number of hydrogen-bond acceptors (Lipinski definition) is 3. The van der Waals surface area contributed by atoms with Crippen LogP contribution in [0, 0.1) is 0 Å². The first-order valence-corrected chi connectivity index (χ1v) is 8.57. The molecule has 1 heterocycles. The maximum Gasteiger partial charge on any atom is 0.251 e. The molecule has 1 aliphatic heterocycles. The second-order valence-electron chi connectivity index (χ2n) is 6.36. The van der Waals surface area contributed by atoms with Crippen LogP contribution in [0.25, 0.3) is 0 Å². The third-order valence-corrected chi connectivity index (χ3v) is 4.63. The molecule has 1 aliphatic rings. The van der Waals surface area contributed by atoms with E-state index in [4.69, 9.17) is 0 Å². The summed E-state index contributed by atoms with van der Waals surface area (Å²) >= 11 is 0. The fraction of sp³-hybridized carbons (Fsp3) is 0.611. The summed E-state index contributed by atoms with van der Waals surface area (Å²) in [5.74, 6) is -0.0159. The van der Waals surface area contributed by atoms with E-state index in [1.54, 1.807) is 4.90 Å². The van der Waals surface area contributed by atoms with Crippen LogP contribution in [0.4, 0.5) is 8.78 Å². The average Bonchev–Trinajstić information content (AvgIpc) is 2.57. The predicted octanol–water partition coefficient (Wildman–Crippen LogP) is 2.53. The molecule has 4 nitrogen and oxygen atoms in total. The van der Waals surface area contributed by atoms with Gasteiger partial charge in [0.2, 0.25) is 5.91 Å². The molecule has 0 aromatic heterocycles. The zero-order valence-electron chi connectivity index (χ0n) is 14.4. The van der Waals surface area contributed by atoms with E-state index in [0.29, 0.717) is 13.1 Å². The van der Waals surface area contributed by atoms with Gasteiger partial charge in [-0.2, -0.15) is 0 Å². The molecule has 1 aromatic carbocycles. The van der Waals surface area contributed by atoms with Gasteiger partial charge in [0.1, 0.15) is 6.04 Å². The number of nitrogens with zero attached hydrogens (tertiary/aromatic N) is 2. The van der Waals surface area contributed by atoms with Gasteiger partial charge in [0.25, 0.3) is 6.43 Å². The fourth-order valence-corrected chi connectivity index (χ4v) is 3.16. The Balaban J connectivity index is 1.94. The Hall–Kier alpha value is -1.53. The first-order valence-electron chi connectivity index (χ1n) is 8.57. The second kappa shape index (κ2) is 9.08. The number of carbonyl (C=O) groups is 1. The summed E-state index contributed by atoms with van der Waals surface area (Å²) in [5, 5.41) is 3.11. The Morgan fingerprint density at radius 3 is 2.46 bits per heavy atom. The molecule has 1 saturated heterocycles. The number of alkyl halides is 2. The highest BCUT2D eigenvalue weighted by molar-refractivity contribution is 5.83. The molecule has 1 fully saturated rings. The van der Waals surface area contributed by atoms with Crippen LogP contribution in [0.1, 0.15) is 31.4 Å². The van der Waals surface area contributed by atoms with Gasteiger partial charge in [-0.15, -0.1) is 0 Å². The molecular weight excluding hydrogens is 312 g/mol. The Kier molecular flexibility index (Phi) is 7.12. The quantitative estimate of drug-likeness (QED) is 0.829. The van der Waals surface area contributed by atoms with Gasteiger partial charge in [0.15, 0.2) is 0 Å². The molecule has 0 saturated carbocycles. The smallest absolute Gasteiger partial charge is 0.251 e. The molecular formula is C18H27F2N3O. The number of halogens is 2. The van der Waals surface area contributed by atoms with Crippen molar-refractivity contribution in [2.24, 2.45) is 0 Å². The minimum atomic E-state index is -2.29. The fourth-order valence-electron chi connectivity index (χ4n) is 3.16. The van der Waals surface area contributed by atoms with Crippen LogP contribution in [0.2, 0.25) is 0 Å². The van der Waals surface area contributed by atoms with Crippen LogP contribution in [-0.2, 0) is 4.79 Å². The number of nitrogens with one attached hydrogen (secondary N) is 1. The van der Waals surface area contributed by atoms with Gasteiger partial charge in [0, 0.05) is 19.1 Å². The standard InChI is InChI=1S/C18H27F2N3O/c1-3-22(2)17(14-7-5-4-6-8-14)18(24)21-15-9-11-23(12-10-15)13-16(19)20/h4-8,15-17H,3,9-13H2,1-2H3,(H,21,24). The van der Waals surface area contributed by atoms with Gasteiger partial charge < -0.3 is 5.32 Å². The highest BCUT2D eigenvalue weighted by Crippen LogP contribution is 2.20. The van der Waals surface area contributed by atoms with E-state index >= 15 is 0 Å². The number of hydrogen-bond donors (Lipinski definition) is 1. The van der Waals surface area contributed by atoms with E-state index < -0.39 is 6.43 Å². The Morgan fingerprint density at radius 1 is 1.29 bits per heavy atom. The number of amides is 1.